The number of hydrogen-bond donors (Lipinski definition) is 0. The van der Waals surface area contributed by atoms with Gasteiger partial charge in [-0.25, -0.2) is 25.1 Å². The molecule has 218 valence electrons. The molecule has 0 N–H and O–H groups in total. The molecule has 6 nitrogen and oxygen atoms in total. The van der Waals surface area contributed by atoms with E-state index in [0.29, 0.717) is 44.5 Å². The molecule has 6 rings (SSSR count). The Hall–Kier alpha value is -7.17. The smallest absolute Gasteiger partial charge is 0.238 e. The van der Waals surface area contributed by atoms with Crippen LogP contribution in [0.4, 0.5) is 18.9 Å². The van der Waals surface area contributed by atoms with Crippen LogP contribution >= 0.6 is 0 Å². The Labute approximate surface area is 267 Å². The molecule has 0 heterocycles. The van der Waals surface area contributed by atoms with Crippen molar-refractivity contribution < 1.29 is 13.2 Å². The van der Waals surface area contributed by atoms with Crippen molar-refractivity contribution in [2.45, 2.75) is 13.1 Å². The lowest BCUT2D eigenvalue weighted by atomic mass is 9.87. The summed E-state index contributed by atoms with van der Waals surface area (Å²) in [5.41, 5.74) is 4.41. The molecule has 0 saturated carbocycles. The Bertz CT molecular complexity index is 2440. The largest absolute Gasteiger partial charge is 0.415 e. The first-order chi connectivity index (χ1) is 22.6. The number of fused-ring (bicyclic) bond motifs is 4. The Morgan fingerprint density at radius 2 is 1.15 bits per heavy atom. The van der Waals surface area contributed by atoms with Crippen LogP contribution in [0.1, 0.15) is 38.9 Å². The summed E-state index contributed by atoms with van der Waals surface area (Å²) in [5.74, 6) is 0. The molecule has 0 amide bonds. The van der Waals surface area contributed by atoms with Crippen molar-refractivity contribution in [3.05, 3.63) is 157 Å². The highest BCUT2D eigenvalue weighted by Crippen LogP contribution is 2.60. The van der Waals surface area contributed by atoms with Gasteiger partial charge in [-0.3, -0.25) is 0 Å². The molecule has 0 atom stereocenters. The van der Waals surface area contributed by atoms with Crippen LogP contribution in [0.15, 0.2) is 84.2 Å². The van der Waals surface area contributed by atoms with Crippen molar-refractivity contribution in [2.75, 3.05) is 0 Å². The Balaban J connectivity index is 1.64. The molecule has 0 unspecified atom stereocenters. The SMILES string of the molecule is [C-]#[N+]/C(C#N)=C1C2=C(/C(=C(\C#N)[N+]#[C-])c3cc(-c4ccc([N+]#[C-])cc4C(F)(F)F)ccc32)c2ccc(-c3ccc(C#N)cc3C)cc2\1. The lowest BCUT2D eigenvalue weighted by Crippen LogP contribution is -2.07. The normalized spacial score (nSPS) is 14.7. The maximum Gasteiger partial charge on any atom is 0.415 e. The third-order valence-electron chi connectivity index (χ3n) is 8.19. The summed E-state index contributed by atoms with van der Waals surface area (Å²) >= 11 is 0. The van der Waals surface area contributed by atoms with Gasteiger partial charge >= 0.3 is 6.18 Å². The Morgan fingerprint density at radius 1 is 0.638 bits per heavy atom. The summed E-state index contributed by atoms with van der Waals surface area (Å²) in [6.07, 6.45) is -4.76. The Kier molecular flexibility index (Phi) is 7.04. The molecule has 47 heavy (non-hydrogen) atoms. The molecule has 0 aliphatic heterocycles. The van der Waals surface area contributed by atoms with Crippen LogP contribution < -0.4 is 0 Å². The summed E-state index contributed by atoms with van der Waals surface area (Å²) < 4.78 is 42.4. The van der Waals surface area contributed by atoms with Crippen LogP contribution in [0.2, 0.25) is 0 Å². The maximum atomic E-state index is 14.1. The number of hydrogen-bond acceptors (Lipinski definition) is 3. The van der Waals surface area contributed by atoms with Crippen molar-refractivity contribution >= 4 is 28.0 Å². The van der Waals surface area contributed by atoms with Gasteiger partial charge in [0.25, 0.3) is 11.4 Å². The molecule has 0 radical (unpaired) electrons. The van der Waals surface area contributed by atoms with Crippen molar-refractivity contribution in [1.29, 1.82) is 15.8 Å². The van der Waals surface area contributed by atoms with E-state index in [1.54, 1.807) is 24.3 Å². The lowest BCUT2D eigenvalue weighted by Gasteiger charge is -2.17. The van der Waals surface area contributed by atoms with Gasteiger partial charge in [0.15, 0.2) is 5.69 Å². The van der Waals surface area contributed by atoms with Gasteiger partial charge in [-0.2, -0.15) is 18.4 Å². The minimum Gasteiger partial charge on any atom is -0.238 e. The molecule has 0 spiro atoms. The van der Waals surface area contributed by atoms with Crippen LogP contribution in [0.3, 0.4) is 0 Å². The summed E-state index contributed by atoms with van der Waals surface area (Å²) in [6.45, 7) is 24.6. The molecule has 9 heteroatoms. The highest BCUT2D eigenvalue weighted by atomic mass is 19.4. The number of halogens is 3. The molecule has 2 aliphatic rings. The summed E-state index contributed by atoms with van der Waals surface area (Å²) in [5, 5.41) is 29.4. The average Bonchev–Trinajstić information content (AvgIpc) is 3.57. The van der Waals surface area contributed by atoms with E-state index >= 15 is 0 Å². The number of rotatable bonds is 2. The average molecular weight is 613 g/mol. The van der Waals surface area contributed by atoms with Crippen molar-refractivity contribution in [3.63, 3.8) is 0 Å². The second-order valence-corrected chi connectivity index (χ2v) is 10.6. The predicted octanol–water partition coefficient (Wildman–Crippen LogP) is 10.0. The topological polar surface area (TPSA) is 84.4 Å². The van der Waals surface area contributed by atoms with E-state index in [1.807, 2.05) is 37.3 Å². The maximum absolute atomic E-state index is 14.1. The summed E-state index contributed by atoms with van der Waals surface area (Å²) in [4.78, 5) is 10.1. The zero-order valence-corrected chi connectivity index (χ0v) is 24.2. The molecule has 2 aliphatic carbocycles. The van der Waals surface area contributed by atoms with Gasteiger partial charge in [-0.15, -0.1) is 0 Å². The molecule has 0 aromatic heterocycles. The number of alkyl halides is 3. The first-order valence-electron chi connectivity index (χ1n) is 13.8. The second-order valence-electron chi connectivity index (χ2n) is 10.6. The first kappa shape index (κ1) is 29.9. The number of benzene rings is 4. The molecule has 4 aromatic carbocycles. The van der Waals surface area contributed by atoms with E-state index in [1.165, 1.54) is 24.3 Å². The highest BCUT2D eigenvalue weighted by Gasteiger charge is 2.40. The lowest BCUT2D eigenvalue weighted by molar-refractivity contribution is -0.137. The van der Waals surface area contributed by atoms with Gasteiger partial charge in [0.2, 0.25) is 0 Å². The zero-order chi connectivity index (χ0) is 33.6. The van der Waals surface area contributed by atoms with Gasteiger partial charge in [-0.05, 0) is 98.5 Å². The van der Waals surface area contributed by atoms with Gasteiger partial charge in [-0.1, -0.05) is 42.5 Å². The van der Waals surface area contributed by atoms with Crippen LogP contribution in [0.25, 0.3) is 59.1 Å². The van der Waals surface area contributed by atoms with Crippen molar-refractivity contribution in [3.8, 4) is 40.5 Å². The fourth-order valence-electron chi connectivity index (χ4n) is 6.24. The fraction of sp³-hybridized carbons (Fsp3) is 0.0526. The van der Waals surface area contributed by atoms with Crippen molar-refractivity contribution in [1.82, 2.24) is 0 Å². The van der Waals surface area contributed by atoms with Gasteiger partial charge in [0, 0.05) is 11.1 Å². The van der Waals surface area contributed by atoms with E-state index in [9.17, 15) is 29.0 Å². The van der Waals surface area contributed by atoms with Gasteiger partial charge < -0.3 is 0 Å². The number of aryl methyl sites for hydroxylation is 1. The second kappa shape index (κ2) is 11.1. The number of nitriles is 3. The minimum atomic E-state index is -4.76. The number of nitrogens with zero attached hydrogens (tertiary/aromatic N) is 6. The monoisotopic (exact) mass is 612 g/mol. The van der Waals surface area contributed by atoms with Crippen LogP contribution in [-0.4, -0.2) is 0 Å². The molecule has 0 saturated heterocycles. The summed E-state index contributed by atoms with van der Waals surface area (Å²) in [6, 6.07) is 24.5. The third kappa shape index (κ3) is 4.62. The third-order valence-corrected chi connectivity index (χ3v) is 8.19. The fourth-order valence-corrected chi connectivity index (χ4v) is 6.24. The van der Waals surface area contributed by atoms with Crippen molar-refractivity contribution in [2.24, 2.45) is 0 Å². The van der Waals surface area contributed by atoms with E-state index in [4.69, 9.17) is 19.7 Å². The Morgan fingerprint density at radius 3 is 1.60 bits per heavy atom. The van der Waals surface area contributed by atoms with Crippen LogP contribution in [0, 0.1) is 60.6 Å². The standard InChI is InChI=1S/C38H15F3N6/c1-20-13-21(17-42)5-9-25(20)22-6-10-27-29(14-22)34(32(18-43)46-3)37-28-11-7-23(15-30(28)35(36(27)37)33(19-44)47-4)26-12-8-24(45-2)16-31(26)38(39,40)41/h5-16H,1H3/b34-32-,35-33+. The molecule has 4 aromatic rings. The van der Waals surface area contributed by atoms with E-state index in [0.717, 1.165) is 22.8 Å². The molecular formula is C38H15F3N6. The van der Waals surface area contributed by atoms with E-state index in [2.05, 4.69) is 20.6 Å². The van der Waals surface area contributed by atoms with Crippen LogP contribution in [0.5, 0.6) is 0 Å². The zero-order valence-electron chi connectivity index (χ0n) is 24.2. The van der Waals surface area contributed by atoms with Gasteiger partial charge in [0.1, 0.15) is 0 Å². The van der Waals surface area contributed by atoms with Crippen LogP contribution in [-0.2, 0) is 6.18 Å². The molecule has 0 fully saturated rings. The van der Waals surface area contributed by atoms with Gasteiger partial charge in [0.05, 0.1) is 49.1 Å². The predicted molar refractivity (Wildman–Crippen MR) is 170 cm³/mol. The molecular weight excluding hydrogens is 597 g/mol. The van der Waals surface area contributed by atoms with E-state index < -0.39 is 11.7 Å². The van der Waals surface area contributed by atoms with E-state index in [-0.39, 0.29) is 33.8 Å². The minimum absolute atomic E-state index is 0.150. The number of allylic oxidation sites excluding steroid dienone is 6. The highest BCUT2D eigenvalue weighted by molar-refractivity contribution is 6.37. The first-order valence-corrected chi connectivity index (χ1v) is 13.8. The quantitative estimate of drug-likeness (QED) is 0.167. The summed E-state index contributed by atoms with van der Waals surface area (Å²) in [7, 11) is 0. The molecule has 0 bridgehead atoms.